The molecule has 2 rings (SSSR count). The van der Waals surface area contributed by atoms with Gasteiger partial charge in [0, 0.05) is 12.3 Å². The molecule has 1 aliphatic rings. The van der Waals surface area contributed by atoms with Gasteiger partial charge < -0.3 is 9.47 Å². The van der Waals surface area contributed by atoms with Crippen molar-refractivity contribution in [3.63, 3.8) is 0 Å². The Balaban J connectivity index is 2.47. The van der Waals surface area contributed by atoms with E-state index in [1.807, 2.05) is 26.0 Å². The number of aryl methyl sites for hydroxylation is 1. The molecule has 1 aliphatic heterocycles. The van der Waals surface area contributed by atoms with Gasteiger partial charge >= 0.3 is 12.2 Å². The van der Waals surface area contributed by atoms with E-state index in [0.717, 1.165) is 11.1 Å². The zero-order valence-electron chi connectivity index (χ0n) is 16.0. The van der Waals surface area contributed by atoms with Gasteiger partial charge in [-0.05, 0) is 51.8 Å². The molecule has 1 aromatic carbocycles. The van der Waals surface area contributed by atoms with E-state index in [9.17, 15) is 9.59 Å². The lowest BCUT2D eigenvalue weighted by atomic mass is 10.1. The molecule has 0 saturated carbocycles. The van der Waals surface area contributed by atoms with E-state index in [1.165, 1.54) is 28.8 Å². The van der Waals surface area contributed by atoms with E-state index >= 15 is 0 Å². The predicted octanol–water partition coefficient (Wildman–Crippen LogP) is 4.13. The molecule has 142 valence electrons. The topological polar surface area (TPSA) is 71.4 Å². The first-order valence-electron chi connectivity index (χ1n) is 8.30. The van der Waals surface area contributed by atoms with Crippen LogP contribution in [0.4, 0.5) is 15.3 Å². The number of thioether (sulfide) groups is 1. The molecule has 0 atom stereocenters. The minimum absolute atomic E-state index is 0.406. The van der Waals surface area contributed by atoms with Crippen LogP contribution in [0.2, 0.25) is 0 Å². The van der Waals surface area contributed by atoms with Crippen LogP contribution in [0, 0.1) is 13.8 Å². The summed E-state index contributed by atoms with van der Waals surface area (Å²) in [4.78, 5) is 26.2. The Bertz CT molecular complexity index is 728. The molecule has 2 amide bonds. The summed E-state index contributed by atoms with van der Waals surface area (Å²) in [7, 11) is 1.32. The molecule has 1 heterocycles. The molecule has 0 bridgehead atoms. The van der Waals surface area contributed by atoms with Crippen molar-refractivity contribution >= 4 is 34.8 Å². The van der Waals surface area contributed by atoms with Gasteiger partial charge in [0.05, 0.1) is 12.8 Å². The number of rotatable bonds is 2. The van der Waals surface area contributed by atoms with Crippen LogP contribution in [0.1, 0.15) is 31.9 Å². The highest BCUT2D eigenvalue weighted by Crippen LogP contribution is 2.27. The molecule has 0 aliphatic carbocycles. The largest absolute Gasteiger partial charge is 0.452 e. The van der Waals surface area contributed by atoms with Crippen molar-refractivity contribution in [1.82, 2.24) is 4.90 Å². The summed E-state index contributed by atoms with van der Waals surface area (Å²) in [6, 6.07) is 5.62. The van der Waals surface area contributed by atoms with Crippen molar-refractivity contribution in [3.05, 3.63) is 29.3 Å². The second-order valence-corrected chi connectivity index (χ2v) is 7.93. The first-order chi connectivity index (χ1) is 12.1. The number of hydrogen-bond donors (Lipinski definition) is 0. The monoisotopic (exact) mass is 379 g/mol. The fourth-order valence-corrected chi connectivity index (χ4v) is 3.23. The summed E-state index contributed by atoms with van der Waals surface area (Å²) in [6.07, 6.45) is -1.10. The lowest BCUT2D eigenvalue weighted by molar-refractivity contribution is 0.0580. The standard InChI is InChI=1S/C18H25N3O4S/c1-12-8-7-9-14(13(12)2)21(17(23)25-18(3,4)5)19-15-20(10-11-26-15)16(22)24-6/h7-9H,10-11H2,1-6H3/b19-15+. The van der Waals surface area contributed by atoms with Crippen LogP contribution < -0.4 is 5.01 Å². The van der Waals surface area contributed by atoms with Crippen molar-refractivity contribution < 1.29 is 19.1 Å². The van der Waals surface area contributed by atoms with Gasteiger partial charge in [-0.15, -0.1) is 5.10 Å². The minimum Gasteiger partial charge on any atom is -0.452 e. The van der Waals surface area contributed by atoms with Gasteiger partial charge in [0.15, 0.2) is 5.17 Å². The summed E-state index contributed by atoms with van der Waals surface area (Å²) in [5, 5.41) is 6.07. The fourth-order valence-electron chi connectivity index (χ4n) is 2.31. The lowest BCUT2D eigenvalue weighted by Crippen LogP contribution is -2.37. The van der Waals surface area contributed by atoms with Crippen LogP contribution in [0.15, 0.2) is 23.3 Å². The van der Waals surface area contributed by atoms with E-state index in [-0.39, 0.29) is 0 Å². The predicted molar refractivity (Wildman–Crippen MR) is 104 cm³/mol. The number of carbonyl (C=O) groups excluding carboxylic acids is 2. The van der Waals surface area contributed by atoms with Gasteiger partial charge in [-0.25, -0.2) is 9.59 Å². The number of ether oxygens (including phenoxy) is 2. The second-order valence-electron chi connectivity index (χ2n) is 6.86. The number of methoxy groups -OCH3 is 1. The van der Waals surface area contributed by atoms with Gasteiger partial charge in [-0.1, -0.05) is 23.9 Å². The number of benzene rings is 1. The molecule has 1 saturated heterocycles. The second kappa shape index (κ2) is 7.99. The number of carbonyl (C=O) groups is 2. The first-order valence-corrected chi connectivity index (χ1v) is 9.29. The molecule has 0 spiro atoms. The molecular weight excluding hydrogens is 354 g/mol. The molecule has 0 aromatic heterocycles. The molecule has 26 heavy (non-hydrogen) atoms. The Morgan fingerprint density at radius 1 is 1.27 bits per heavy atom. The summed E-state index contributed by atoms with van der Waals surface area (Å²) >= 11 is 1.39. The number of hydrogen-bond acceptors (Lipinski definition) is 6. The van der Waals surface area contributed by atoms with Gasteiger partial charge in [0.1, 0.15) is 5.60 Å². The quantitative estimate of drug-likeness (QED) is 0.723. The lowest BCUT2D eigenvalue weighted by Gasteiger charge is -2.26. The van der Waals surface area contributed by atoms with Gasteiger partial charge in [-0.3, -0.25) is 4.90 Å². The van der Waals surface area contributed by atoms with E-state index in [1.54, 1.807) is 26.8 Å². The number of hydrazone groups is 1. The van der Waals surface area contributed by atoms with Crippen LogP contribution in [0.5, 0.6) is 0 Å². The van der Waals surface area contributed by atoms with Crippen molar-refractivity contribution in [2.24, 2.45) is 5.10 Å². The van der Waals surface area contributed by atoms with Crippen molar-refractivity contribution in [3.8, 4) is 0 Å². The third-order valence-electron chi connectivity index (χ3n) is 3.73. The maximum atomic E-state index is 12.8. The number of amides is 2. The summed E-state index contributed by atoms with van der Waals surface area (Å²) in [5.74, 6) is 0.683. The van der Waals surface area contributed by atoms with E-state index in [4.69, 9.17) is 9.47 Å². The average molecular weight is 379 g/mol. The summed E-state index contributed by atoms with van der Waals surface area (Å²) in [6.45, 7) is 9.75. The van der Waals surface area contributed by atoms with E-state index in [2.05, 4.69) is 5.10 Å². The highest BCUT2D eigenvalue weighted by atomic mass is 32.2. The van der Waals surface area contributed by atoms with Gasteiger partial charge in [0.25, 0.3) is 0 Å². The first kappa shape index (κ1) is 20.1. The normalized spacial score (nSPS) is 15.9. The Labute approximate surface area is 158 Å². The molecule has 7 nitrogen and oxygen atoms in total. The van der Waals surface area contributed by atoms with Crippen molar-refractivity contribution in [2.45, 2.75) is 40.2 Å². The van der Waals surface area contributed by atoms with Crippen LogP contribution in [-0.2, 0) is 9.47 Å². The number of anilines is 1. The zero-order valence-corrected chi connectivity index (χ0v) is 16.8. The fraction of sp³-hybridized carbons (Fsp3) is 0.500. The third kappa shape index (κ3) is 4.69. The molecule has 1 fully saturated rings. The Kier molecular flexibility index (Phi) is 6.17. The van der Waals surface area contributed by atoms with Crippen molar-refractivity contribution in [2.75, 3.05) is 24.4 Å². The van der Waals surface area contributed by atoms with Gasteiger partial charge in [0.2, 0.25) is 0 Å². The van der Waals surface area contributed by atoms with Crippen molar-refractivity contribution in [1.29, 1.82) is 0 Å². The van der Waals surface area contributed by atoms with Crippen LogP contribution in [0.3, 0.4) is 0 Å². The SMILES string of the molecule is COC(=O)N1CCS/C1=N/N(C(=O)OC(C)(C)C)c1cccc(C)c1C. The van der Waals surface area contributed by atoms with Gasteiger partial charge in [-0.2, -0.15) is 5.01 Å². The molecular formula is C18H25N3O4S. The molecule has 0 unspecified atom stereocenters. The molecule has 0 N–H and O–H groups in total. The number of nitrogens with zero attached hydrogens (tertiary/aromatic N) is 3. The van der Waals surface area contributed by atoms with E-state index in [0.29, 0.717) is 23.2 Å². The Hall–Kier alpha value is -2.22. The third-order valence-corrected chi connectivity index (χ3v) is 4.68. The number of amidine groups is 1. The zero-order chi connectivity index (χ0) is 19.5. The maximum absolute atomic E-state index is 12.8. The Morgan fingerprint density at radius 2 is 1.96 bits per heavy atom. The molecule has 8 heteroatoms. The summed E-state index contributed by atoms with van der Waals surface area (Å²) < 4.78 is 10.3. The maximum Gasteiger partial charge on any atom is 0.435 e. The molecule has 0 radical (unpaired) electrons. The van der Waals surface area contributed by atoms with Crippen LogP contribution >= 0.6 is 11.8 Å². The molecule has 1 aromatic rings. The van der Waals surface area contributed by atoms with Crippen LogP contribution in [0.25, 0.3) is 0 Å². The average Bonchev–Trinajstić information content (AvgIpc) is 3.01. The highest BCUT2D eigenvalue weighted by molar-refractivity contribution is 8.14. The smallest absolute Gasteiger partial charge is 0.435 e. The van der Waals surface area contributed by atoms with E-state index < -0.39 is 17.8 Å². The minimum atomic E-state index is -0.669. The van der Waals surface area contributed by atoms with Crippen LogP contribution in [-0.4, -0.2) is 47.3 Å². The Morgan fingerprint density at radius 3 is 2.58 bits per heavy atom. The highest BCUT2D eigenvalue weighted by Gasteiger charge is 2.31. The summed E-state index contributed by atoms with van der Waals surface area (Å²) in [5.41, 5.74) is 1.89.